The highest BCUT2D eigenvalue weighted by molar-refractivity contribution is 5.89. The molecule has 3 N–H and O–H groups in total. The zero-order valence-electron chi connectivity index (χ0n) is 16.7. The lowest BCUT2D eigenvalue weighted by molar-refractivity contribution is -0.122. The average molecular weight is 397 g/mol. The van der Waals surface area contributed by atoms with Crippen LogP contribution in [-0.2, 0) is 4.79 Å². The molecule has 1 unspecified atom stereocenters. The molecule has 0 spiro atoms. The predicted octanol–water partition coefficient (Wildman–Crippen LogP) is 3.48. The highest BCUT2D eigenvalue weighted by atomic mass is 16.6. The van der Waals surface area contributed by atoms with E-state index in [2.05, 4.69) is 16.0 Å². The Labute approximate surface area is 170 Å². The van der Waals surface area contributed by atoms with Crippen LogP contribution in [0.5, 0.6) is 11.5 Å². The number of carbonyl (C=O) groups excluding carboxylic acids is 2. The van der Waals surface area contributed by atoms with Crippen LogP contribution in [0, 0.1) is 5.92 Å². The maximum atomic E-state index is 12.4. The van der Waals surface area contributed by atoms with Gasteiger partial charge in [0.25, 0.3) is 0 Å². The third kappa shape index (κ3) is 5.88. The van der Waals surface area contributed by atoms with E-state index in [1.165, 1.54) is 0 Å². The van der Waals surface area contributed by atoms with E-state index >= 15 is 0 Å². The minimum Gasteiger partial charge on any atom is -0.486 e. The van der Waals surface area contributed by atoms with Crippen LogP contribution in [0.2, 0.25) is 0 Å². The smallest absolute Gasteiger partial charge is 0.319 e. The number of benzene rings is 2. The molecule has 2 aromatic rings. The number of ether oxygens (including phenoxy) is 2. The average Bonchev–Trinajstić information content (AvgIpc) is 2.72. The van der Waals surface area contributed by atoms with Gasteiger partial charge >= 0.3 is 6.03 Å². The van der Waals surface area contributed by atoms with Crippen molar-refractivity contribution in [3.8, 4) is 11.5 Å². The molecule has 7 nitrogen and oxygen atoms in total. The molecule has 0 radical (unpaired) electrons. The van der Waals surface area contributed by atoms with Gasteiger partial charge in [0.2, 0.25) is 5.91 Å². The molecule has 2 aromatic carbocycles. The van der Waals surface area contributed by atoms with Crippen molar-refractivity contribution in [2.45, 2.75) is 26.3 Å². The molecular formula is C22H27N3O4. The minimum absolute atomic E-state index is 0.126. The Morgan fingerprint density at radius 3 is 2.45 bits per heavy atom. The van der Waals surface area contributed by atoms with Crippen molar-refractivity contribution in [1.29, 1.82) is 0 Å². The van der Waals surface area contributed by atoms with Gasteiger partial charge in [-0.25, -0.2) is 4.79 Å². The molecule has 3 rings (SSSR count). The standard InChI is InChI=1S/C22H27N3O4/c1-15(2)21(16-8-9-18-19(14-16)29-13-12-28-18)25-20(26)10-11-23-22(27)24-17-6-4-3-5-7-17/h3-9,14-15,21H,10-13H2,1-2H3,(H,25,26)(H2,23,24,27). The van der Waals surface area contributed by atoms with Gasteiger partial charge in [-0.2, -0.15) is 0 Å². The van der Waals surface area contributed by atoms with Crippen molar-refractivity contribution in [2.24, 2.45) is 5.92 Å². The van der Waals surface area contributed by atoms with E-state index in [1.807, 2.05) is 50.2 Å². The molecule has 154 valence electrons. The third-order valence-corrected chi connectivity index (χ3v) is 4.58. The Hall–Kier alpha value is -3.22. The minimum atomic E-state index is -0.337. The molecular weight excluding hydrogens is 370 g/mol. The molecule has 0 fully saturated rings. The van der Waals surface area contributed by atoms with Gasteiger partial charge in [0.05, 0.1) is 6.04 Å². The quantitative estimate of drug-likeness (QED) is 0.667. The van der Waals surface area contributed by atoms with Crippen molar-refractivity contribution in [1.82, 2.24) is 10.6 Å². The molecule has 29 heavy (non-hydrogen) atoms. The van der Waals surface area contributed by atoms with Gasteiger partial charge in [-0.3, -0.25) is 4.79 Å². The number of rotatable bonds is 7. The first kappa shape index (κ1) is 20.5. The molecule has 3 amide bonds. The van der Waals surface area contributed by atoms with Crippen LogP contribution in [0.3, 0.4) is 0 Å². The molecule has 0 aromatic heterocycles. The van der Waals surface area contributed by atoms with Gasteiger partial charge in [0.1, 0.15) is 13.2 Å². The summed E-state index contributed by atoms with van der Waals surface area (Å²) in [6.07, 6.45) is 0.190. The van der Waals surface area contributed by atoms with Crippen LogP contribution < -0.4 is 25.4 Å². The second-order valence-electron chi connectivity index (χ2n) is 7.19. The largest absolute Gasteiger partial charge is 0.486 e. The maximum absolute atomic E-state index is 12.4. The van der Waals surface area contributed by atoms with Gasteiger partial charge in [0, 0.05) is 18.7 Å². The molecule has 0 bridgehead atoms. The Kier molecular flexibility index (Phi) is 6.94. The van der Waals surface area contributed by atoms with E-state index < -0.39 is 0 Å². The number of hydrogen-bond donors (Lipinski definition) is 3. The van der Waals surface area contributed by atoms with Crippen LogP contribution in [0.25, 0.3) is 0 Å². The number of carbonyl (C=O) groups is 2. The van der Waals surface area contributed by atoms with E-state index in [4.69, 9.17) is 9.47 Å². The highest BCUT2D eigenvalue weighted by Gasteiger charge is 2.21. The summed E-state index contributed by atoms with van der Waals surface area (Å²) in [5.74, 6) is 1.49. The van der Waals surface area contributed by atoms with Crippen LogP contribution in [0.4, 0.5) is 10.5 Å². The van der Waals surface area contributed by atoms with Crippen LogP contribution in [0.1, 0.15) is 31.9 Å². The van der Waals surface area contributed by atoms with Crippen molar-refractivity contribution in [3.05, 3.63) is 54.1 Å². The number of para-hydroxylation sites is 1. The fraction of sp³-hybridized carbons (Fsp3) is 0.364. The number of nitrogens with one attached hydrogen (secondary N) is 3. The molecule has 0 saturated carbocycles. The fourth-order valence-corrected chi connectivity index (χ4v) is 3.12. The maximum Gasteiger partial charge on any atom is 0.319 e. The van der Waals surface area contributed by atoms with Crippen LogP contribution >= 0.6 is 0 Å². The predicted molar refractivity (Wildman–Crippen MR) is 111 cm³/mol. The zero-order chi connectivity index (χ0) is 20.6. The van der Waals surface area contributed by atoms with Crippen molar-refractivity contribution in [3.63, 3.8) is 0 Å². The lowest BCUT2D eigenvalue weighted by atomic mass is 9.95. The molecule has 7 heteroatoms. The number of fused-ring (bicyclic) bond motifs is 1. The first-order valence-corrected chi connectivity index (χ1v) is 9.82. The lowest BCUT2D eigenvalue weighted by Crippen LogP contribution is -2.36. The summed E-state index contributed by atoms with van der Waals surface area (Å²) < 4.78 is 11.2. The summed E-state index contributed by atoms with van der Waals surface area (Å²) in [5, 5.41) is 8.48. The van der Waals surface area contributed by atoms with Crippen molar-refractivity contribution in [2.75, 3.05) is 25.1 Å². The van der Waals surface area contributed by atoms with E-state index in [0.29, 0.717) is 24.7 Å². The van der Waals surface area contributed by atoms with Gasteiger partial charge in [-0.15, -0.1) is 0 Å². The highest BCUT2D eigenvalue weighted by Crippen LogP contribution is 2.34. The summed E-state index contributed by atoms with van der Waals surface area (Å²) in [7, 11) is 0. The summed E-state index contributed by atoms with van der Waals surface area (Å²) >= 11 is 0. The molecule has 0 aliphatic carbocycles. The van der Waals surface area contributed by atoms with E-state index in [1.54, 1.807) is 12.1 Å². The molecule has 1 aliphatic rings. The number of hydrogen-bond acceptors (Lipinski definition) is 4. The van der Waals surface area contributed by atoms with Gasteiger partial charge < -0.3 is 25.4 Å². The Morgan fingerprint density at radius 1 is 1.00 bits per heavy atom. The number of amides is 3. The fourth-order valence-electron chi connectivity index (χ4n) is 3.12. The summed E-state index contributed by atoms with van der Waals surface area (Å²) in [6.45, 7) is 5.41. The normalized spacial score (nSPS) is 13.5. The molecule has 0 saturated heterocycles. The van der Waals surface area contributed by atoms with Gasteiger partial charge in [0.15, 0.2) is 11.5 Å². The molecule has 1 heterocycles. The molecule has 1 atom stereocenters. The van der Waals surface area contributed by atoms with E-state index in [0.717, 1.165) is 11.3 Å². The first-order chi connectivity index (χ1) is 14.0. The van der Waals surface area contributed by atoms with Gasteiger partial charge in [-0.05, 0) is 35.7 Å². The Balaban J connectivity index is 1.50. The van der Waals surface area contributed by atoms with Crippen LogP contribution in [-0.4, -0.2) is 31.7 Å². The third-order valence-electron chi connectivity index (χ3n) is 4.58. The van der Waals surface area contributed by atoms with Crippen molar-refractivity contribution >= 4 is 17.6 Å². The second kappa shape index (κ2) is 9.82. The molecule has 1 aliphatic heterocycles. The Bertz CT molecular complexity index is 839. The topological polar surface area (TPSA) is 88.7 Å². The number of urea groups is 1. The lowest BCUT2D eigenvalue weighted by Gasteiger charge is -2.25. The number of anilines is 1. The SMILES string of the molecule is CC(C)C(NC(=O)CCNC(=O)Nc1ccccc1)c1ccc2c(c1)OCCO2. The van der Waals surface area contributed by atoms with E-state index in [-0.39, 0.29) is 36.9 Å². The summed E-state index contributed by atoms with van der Waals surface area (Å²) in [4.78, 5) is 24.3. The second-order valence-corrected chi connectivity index (χ2v) is 7.19. The zero-order valence-corrected chi connectivity index (χ0v) is 16.7. The van der Waals surface area contributed by atoms with E-state index in [9.17, 15) is 9.59 Å². The summed E-state index contributed by atoms with van der Waals surface area (Å²) in [5.41, 5.74) is 1.67. The first-order valence-electron chi connectivity index (χ1n) is 9.82. The Morgan fingerprint density at radius 2 is 1.72 bits per heavy atom. The van der Waals surface area contributed by atoms with Crippen LogP contribution in [0.15, 0.2) is 48.5 Å². The van der Waals surface area contributed by atoms with Gasteiger partial charge in [-0.1, -0.05) is 38.1 Å². The van der Waals surface area contributed by atoms with Crippen molar-refractivity contribution < 1.29 is 19.1 Å². The summed E-state index contributed by atoms with van der Waals surface area (Å²) in [6, 6.07) is 14.4. The monoisotopic (exact) mass is 397 g/mol.